The molecule has 0 fully saturated rings. The zero-order chi connectivity index (χ0) is 17.6. The lowest BCUT2D eigenvalue weighted by Crippen LogP contribution is -1.94. The highest BCUT2D eigenvalue weighted by Crippen LogP contribution is 2.21. The number of pyridine rings is 1. The van der Waals surface area contributed by atoms with Crippen LogP contribution in [0.4, 0.5) is 10.2 Å². The molecular weight excluding hydrogens is 311 g/mol. The summed E-state index contributed by atoms with van der Waals surface area (Å²) in [6, 6.07) is 19.3. The van der Waals surface area contributed by atoms with Crippen molar-refractivity contribution < 1.29 is 4.39 Å². The van der Waals surface area contributed by atoms with Gasteiger partial charge in [-0.05, 0) is 73.6 Å². The van der Waals surface area contributed by atoms with Crippen molar-refractivity contribution in [2.45, 2.75) is 32.6 Å². The number of hydrogen-bond donors (Lipinski definition) is 1. The fraction of sp³-hybridized carbons (Fsp3) is 0.227. The van der Waals surface area contributed by atoms with E-state index in [9.17, 15) is 4.39 Å². The summed E-state index contributed by atoms with van der Waals surface area (Å²) in [5.74, 6) is 0.398. The molecule has 2 nitrogen and oxygen atoms in total. The Labute approximate surface area is 148 Å². The molecule has 0 amide bonds. The van der Waals surface area contributed by atoms with Crippen molar-refractivity contribution in [3.05, 3.63) is 83.2 Å². The highest BCUT2D eigenvalue weighted by atomic mass is 19.1. The summed E-state index contributed by atoms with van der Waals surface area (Å²) >= 11 is 0. The molecule has 0 saturated carbocycles. The van der Waals surface area contributed by atoms with Crippen LogP contribution in [0.5, 0.6) is 0 Å². The summed E-state index contributed by atoms with van der Waals surface area (Å²) in [6.45, 7) is 2.02. The minimum absolute atomic E-state index is 0.154. The van der Waals surface area contributed by atoms with Gasteiger partial charge in [-0.15, -0.1) is 0 Å². The largest absolute Gasteiger partial charge is 0.384 e. The molecule has 0 saturated heterocycles. The van der Waals surface area contributed by atoms with Gasteiger partial charge in [-0.2, -0.15) is 0 Å². The number of hydrogen-bond acceptors (Lipinski definition) is 2. The molecule has 0 bridgehead atoms. The van der Waals surface area contributed by atoms with Gasteiger partial charge in [-0.1, -0.05) is 36.4 Å². The molecule has 0 aliphatic carbocycles. The van der Waals surface area contributed by atoms with Crippen LogP contribution in [0.1, 0.15) is 29.5 Å². The maximum Gasteiger partial charge on any atom is 0.124 e. The number of halogens is 1. The van der Waals surface area contributed by atoms with Gasteiger partial charge in [0.2, 0.25) is 0 Å². The van der Waals surface area contributed by atoms with Gasteiger partial charge in [-0.25, -0.2) is 9.37 Å². The number of rotatable bonds is 6. The Bertz CT molecular complexity index is 821. The zero-order valence-corrected chi connectivity index (χ0v) is 14.5. The van der Waals surface area contributed by atoms with Crippen LogP contribution in [-0.2, 0) is 12.8 Å². The van der Waals surface area contributed by atoms with E-state index in [4.69, 9.17) is 5.73 Å². The van der Waals surface area contributed by atoms with Crippen LogP contribution < -0.4 is 5.73 Å². The van der Waals surface area contributed by atoms with Gasteiger partial charge in [0.25, 0.3) is 0 Å². The predicted octanol–water partition coefficient (Wildman–Crippen LogP) is 5.34. The first kappa shape index (κ1) is 17.2. The molecule has 0 atom stereocenters. The third-order valence-corrected chi connectivity index (χ3v) is 4.31. The Kier molecular flexibility index (Phi) is 5.44. The van der Waals surface area contributed by atoms with Crippen molar-refractivity contribution in [3.8, 4) is 11.3 Å². The van der Waals surface area contributed by atoms with Crippen molar-refractivity contribution in [3.63, 3.8) is 0 Å². The second kappa shape index (κ2) is 7.93. The van der Waals surface area contributed by atoms with Gasteiger partial charge in [-0.3, -0.25) is 0 Å². The number of nitrogens with two attached hydrogens (primary N) is 1. The minimum atomic E-state index is -0.154. The lowest BCUT2D eigenvalue weighted by Gasteiger charge is -2.06. The standard InChI is InChI=1S/C22H23FN2/c1-16-13-21(25-22(24)14-16)19-11-9-17(10-12-19)5-2-3-6-18-7-4-8-20(23)15-18/h4,7-15H,2-3,5-6H2,1H3,(H2,24,25). The van der Waals surface area contributed by atoms with Crippen molar-refractivity contribution in [1.82, 2.24) is 4.98 Å². The van der Waals surface area contributed by atoms with E-state index in [1.807, 2.05) is 25.1 Å². The summed E-state index contributed by atoms with van der Waals surface area (Å²) in [6.07, 6.45) is 4.09. The number of benzene rings is 2. The van der Waals surface area contributed by atoms with Gasteiger partial charge in [0.05, 0.1) is 5.69 Å². The molecule has 0 aliphatic heterocycles. The number of nitrogens with zero attached hydrogens (tertiary/aromatic N) is 1. The minimum Gasteiger partial charge on any atom is -0.384 e. The average Bonchev–Trinajstić information content (AvgIpc) is 2.58. The molecule has 25 heavy (non-hydrogen) atoms. The van der Waals surface area contributed by atoms with Crippen molar-refractivity contribution in [2.24, 2.45) is 0 Å². The lowest BCUT2D eigenvalue weighted by atomic mass is 10.0. The van der Waals surface area contributed by atoms with Crippen LogP contribution >= 0.6 is 0 Å². The number of unbranched alkanes of at least 4 members (excludes halogenated alkanes) is 1. The van der Waals surface area contributed by atoms with E-state index in [2.05, 4.69) is 29.2 Å². The number of aryl methyl sites for hydroxylation is 3. The van der Waals surface area contributed by atoms with E-state index >= 15 is 0 Å². The van der Waals surface area contributed by atoms with E-state index in [0.29, 0.717) is 5.82 Å². The van der Waals surface area contributed by atoms with Gasteiger partial charge >= 0.3 is 0 Å². The maximum absolute atomic E-state index is 13.2. The Morgan fingerprint density at radius 3 is 2.28 bits per heavy atom. The fourth-order valence-electron chi connectivity index (χ4n) is 3.03. The SMILES string of the molecule is Cc1cc(N)nc(-c2ccc(CCCCc3cccc(F)c3)cc2)c1. The van der Waals surface area contributed by atoms with E-state index < -0.39 is 0 Å². The van der Waals surface area contributed by atoms with Gasteiger partial charge in [0, 0.05) is 5.56 Å². The molecule has 0 spiro atoms. The van der Waals surface area contributed by atoms with Crippen molar-refractivity contribution >= 4 is 5.82 Å². The Morgan fingerprint density at radius 2 is 1.60 bits per heavy atom. The molecule has 0 unspecified atom stereocenters. The van der Waals surface area contributed by atoms with Crippen LogP contribution in [-0.4, -0.2) is 4.98 Å². The van der Waals surface area contributed by atoms with E-state index in [1.54, 1.807) is 12.1 Å². The maximum atomic E-state index is 13.2. The van der Waals surface area contributed by atoms with E-state index in [1.165, 1.54) is 11.6 Å². The topological polar surface area (TPSA) is 38.9 Å². The summed E-state index contributed by atoms with van der Waals surface area (Å²) in [4.78, 5) is 4.40. The average molecular weight is 334 g/mol. The summed E-state index contributed by atoms with van der Waals surface area (Å²) in [5.41, 5.74) is 11.3. The van der Waals surface area contributed by atoms with Gasteiger partial charge in [0.1, 0.15) is 11.6 Å². The molecule has 3 rings (SSSR count). The van der Waals surface area contributed by atoms with Gasteiger partial charge in [0.15, 0.2) is 0 Å². The van der Waals surface area contributed by atoms with Crippen LogP contribution in [0.2, 0.25) is 0 Å². The number of anilines is 1. The van der Waals surface area contributed by atoms with Crippen LogP contribution in [0, 0.1) is 12.7 Å². The van der Waals surface area contributed by atoms with E-state index in [0.717, 1.165) is 48.1 Å². The summed E-state index contributed by atoms with van der Waals surface area (Å²) < 4.78 is 13.2. The Morgan fingerprint density at radius 1 is 0.880 bits per heavy atom. The fourth-order valence-corrected chi connectivity index (χ4v) is 3.03. The Balaban J connectivity index is 1.54. The highest BCUT2D eigenvalue weighted by Gasteiger charge is 2.03. The van der Waals surface area contributed by atoms with E-state index in [-0.39, 0.29) is 5.82 Å². The second-order valence-corrected chi connectivity index (χ2v) is 6.49. The molecule has 3 heteroatoms. The first-order valence-electron chi connectivity index (χ1n) is 8.68. The van der Waals surface area contributed by atoms with Gasteiger partial charge < -0.3 is 5.73 Å². The van der Waals surface area contributed by atoms with Crippen molar-refractivity contribution in [1.29, 1.82) is 0 Å². The molecule has 128 valence electrons. The summed E-state index contributed by atoms with van der Waals surface area (Å²) in [7, 11) is 0. The molecule has 0 aliphatic rings. The van der Waals surface area contributed by atoms with Crippen LogP contribution in [0.25, 0.3) is 11.3 Å². The Hall–Kier alpha value is -2.68. The second-order valence-electron chi connectivity index (χ2n) is 6.49. The zero-order valence-electron chi connectivity index (χ0n) is 14.5. The van der Waals surface area contributed by atoms with Crippen LogP contribution in [0.3, 0.4) is 0 Å². The molecule has 2 aromatic carbocycles. The predicted molar refractivity (Wildman–Crippen MR) is 102 cm³/mol. The number of aromatic nitrogens is 1. The molecule has 0 radical (unpaired) electrons. The monoisotopic (exact) mass is 334 g/mol. The highest BCUT2D eigenvalue weighted by molar-refractivity contribution is 5.62. The smallest absolute Gasteiger partial charge is 0.124 e. The first-order valence-corrected chi connectivity index (χ1v) is 8.68. The third-order valence-electron chi connectivity index (χ3n) is 4.31. The summed E-state index contributed by atoms with van der Waals surface area (Å²) in [5, 5.41) is 0. The molecular formula is C22H23FN2. The van der Waals surface area contributed by atoms with Crippen LogP contribution in [0.15, 0.2) is 60.7 Å². The number of nitrogen functional groups attached to an aromatic ring is 1. The normalized spacial score (nSPS) is 10.8. The molecule has 1 heterocycles. The lowest BCUT2D eigenvalue weighted by molar-refractivity contribution is 0.623. The quantitative estimate of drug-likeness (QED) is 0.618. The molecule has 2 N–H and O–H groups in total. The molecule has 1 aromatic heterocycles. The molecule has 3 aromatic rings. The van der Waals surface area contributed by atoms with Crippen molar-refractivity contribution in [2.75, 3.05) is 5.73 Å². The third kappa shape index (κ3) is 4.90. The first-order chi connectivity index (χ1) is 12.1.